The van der Waals surface area contributed by atoms with Crippen molar-refractivity contribution < 1.29 is 13.7 Å². The molecule has 0 aliphatic rings. The Balaban J connectivity index is 2.20. The first kappa shape index (κ1) is 11.1. The number of benzene rings is 1. The van der Waals surface area contributed by atoms with Crippen molar-refractivity contribution in [1.29, 1.82) is 0 Å². The van der Waals surface area contributed by atoms with Crippen molar-refractivity contribution in [2.45, 2.75) is 6.92 Å². The van der Waals surface area contributed by atoms with Gasteiger partial charge in [-0.1, -0.05) is 5.16 Å². The summed E-state index contributed by atoms with van der Waals surface area (Å²) in [6.07, 6.45) is 0. The molecule has 0 spiro atoms. The number of aromatic nitrogens is 2. The number of nitrogens with two attached hydrogens (primary N) is 1. The van der Waals surface area contributed by atoms with E-state index in [4.69, 9.17) is 10.3 Å². The van der Waals surface area contributed by atoms with Gasteiger partial charge in [0.05, 0.1) is 5.56 Å². The number of hydrogen-bond acceptors (Lipinski definition) is 5. The average Bonchev–Trinajstić information content (AvgIpc) is 2.63. The van der Waals surface area contributed by atoms with Gasteiger partial charge in [-0.05, 0) is 25.1 Å². The summed E-state index contributed by atoms with van der Waals surface area (Å²) in [5.41, 5.74) is 5.70. The highest BCUT2D eigenvalue weighted by atomic mass is 19.1. The van der Waals surface area contributed by atoms with Crippen LogP contribution in [0.3, 0.4) is 0 Å². The number of carbonyl (C=O) groups is 1. The van der Waals surface area contributed by atoms with Crippen LogP contribution >= 0.6 is 0 Å². The third kappa shape index (κ3) is 2.39. The zero-order chi connectivity index (χ0) is 12.4. The molecule has 0 saturated carbocycles. The fourth-order valence-corrected chi connectivity index (χ4v) is 1.25. The monoisotopic (exact) mass is 236 g/mol. The molecule has 3 N–H and O–H groups in total. The van der Waals surface area contributed by atoms with E-state index in [2.05, 4.69) is 15.5 Å². The van der Waals surface area contributed by atoms with Crippen LogP contribution in [0, 0.1) is 12.7 Å². The molecule has 0 saturated heterocycles. The number of halogens is 1. The number of aryl methyl sites for hydroxylation is 1. The highest BCUT2D eigenvalue weighted by Crippen LogP contribution is 2.15. The van der Waals surface area contributed by atoms with Crippen LogP contribution < -0.4 is 11.1 Å². The van der Waals surface area contributed by atoms with Gasteiger partial charge < -0.3 is 10.3 Å². The Morgan fingerprint density at radius 2 is 2.29 bits per heavy atom. The summed E-state index contributed by atoms with van der Waals surface area (Å²) in [6, 6.07) is 3.46. The molecule has 0 aliphatic carbocycles. The van der Waals surface area contributed by atoms with E-state index in [1.54, 1.807) is 6.92 Å². The third-order valence-corrected chi connectivity index (χ3v) is 2.01. The van der Waals surface area contributed by atoms with Crippen molar-refractivity contribution in [1.82, 2.24) is 10.1 Å². The van der Waals surface area contributed by atoms with Crippen molar-refractivity contribution in [3.05, 3.63) is 35.4 Å². The van der Waals surface area contributed by atoms with Crippen LogP contribution in [-0.2, 0) is 0 Å². The van der Waals surface area contributed by atoms with E-state index in [0.29, 0.717) is 5.82 Å². The number of anilines is 2. The second-order valence-electron chi connectivity index (χ2n) is 3.33. The molecule has 17 heavy (non-hydrogen) atoms. The molecule has 88 valence electrons. The topological polar surface area (TPSA) is 94.0 Å². The van der Waals surface area contributed by atoms with E-state index in [9.17, 15) is 9.18 Å². The summed E-state index contributed by atoms with van der Waals surface area (Å²) in [5.74, 6) is -0.647. The Hall–Kier alpha value is -2.44. The second-order valence-corrected chi connectivity index (χ2v) is 3.33. The number of carbonyl (C=O) groups excluding carboxylic acids is 1. The maximum atomic E-state index is 12.8. The van der Waals surface area contributed by atoms with Gasteiger partial charge in [-0.15, -0.1) is 0 Å². The van der Waals surface area contributed by atoms with Crippen molar-refractivity contribution in [3.63, 3.8) is 0 Å². The van der Waals surface area contributed by atoms with Crippen LogP contribution in [0.15, 0.2) is 22.7 Å². The number of rotatable bonds is 2. The van der Waals surface area contributed by atoms with Crippen LogP contribution in [0.25, 0.3) is 0 Å². The van der Waals surface area contributed by atoms with Crippen LogP contribution in [0.4, 0.5) is 16.1 Å². The van der Waals surface area contributed by atoms with Crippen LogP contribution in [0.2, 0.25) is 0 Å². The Bertz CT molecular complexity index is 567. The molecule has 6 nitrogen and oxygen atoms in total. The lowest BCUT2D eigenvalue weighted by Gasteiger charge is -2.03. The molecule has 1 heterocycles. The molecular weight excluding hydrogens is 227 g/mol. The van der Waals surface area contributed by atoms with Gasteiger partial charge >= 0.3 is 6.01 Å². The van der Waals surface area contributed by atoms with Gasteiger partial charge in [-0.2, -0.15) is 4.98 Å². The third-order valence-electron chi connectivity index (χ3n) is 2.01. The summed E-state index contributed by atoms with van der Waals surface area (Å²) in [4.78, 5) is 15.5. The molecule has 0 atom stereocenters. The number of nitrogens with zero attached hydrogens (tertiary/aromatic N) is 2. The Labute approximate surface area is 95.6 Å². The largest absolute Gasteiger partial charge is 0.398 e. The van der Waals surface area contributed by atoms with Gasteiger partial charge in [0.25, 0.3) is 5.91 Å². The Morgan fingerprint density at radius 1 is 1.53 bits per heavy atom. The van der Waals surface area contributed by atoms with E-state index in [-0.39, 0.29) is 17.3 Å². The smallest absolute Gasteiger partial charge is 0.328 e. The first-order chi connectivity index (χ1) is 8.06. The molecule has 2 aromatic rings. The van der Waals surface area contributed by atoms with E-state index in [1.807, 2.05) is 0 Å². The normalized spacial score (nSPS) is 10.2. The number of nitrogens with one attached hydrogen (secondary N) is 1. The maximum absolute atomic E-state index is 12.8. The Morgan fingerprint density at radius 3 is 2.88 bits per heavy atom. The number of amides is 1. The molecule has 0 bridgehead atoms. The quantitative estimate of drug-likeness (QED) is 0.767. The minimum absolute atomic E-state index is 0.0313. The van der Waals surface area contributed by atoms with Gasteiger partial charge in [0.2, 0.25) is 0 Å². The Kier molecular flexibility index (Phi) is 2.73. The first-order valence-corrected chi connectivity index (χ1v) is 4.73. The average molecular weight is 236 g/mol. The molecule has 2 rings (SSSR count). The van der Waals surface area contributed by atoms with Crippen molar-refractivity contribution in [3.8, 4) is 0 Å². The molecule has 0 aliphatic heterocycles. The number of hydrogen-bond donors (Lipinski definition) is 2. The van der Waals surface area contributed by atoms with Gasteiger partial charge in [0.15, 0.2) is 5.82 Å². The molecule has 0 fully saturated rings. The lowest BCUT2D eigenvalue weighted by molar-refractivity contribution is 0.102. The molecule has 0 unspecified atom stereocenters. The van der Waals surface area contributed by atoms with Crippen LogP contribution in [0.1, 0.15) is 16.2 Å². The van der Waals surface area contributed by atoms with E-state index in [1.165, 1.54) is 6.07 Å². The second kappa shape index (κ2) is 4.20. The van der Waals surface area contributed by atoms with E-state index < -0.39 is 11.7 Å². The van der Waals surface area contributed by atoms with Crippen molar-refractivity contribution >= 4 is 17.6 Å². The minimum Gasteiger partial charge on any atom is -0.398 e. The predicted octanol–water partition coefficient (Wildman–Crippen LogP) is 1.35. The summed E-state index contributed by atoms with van der Waals surface area (Å²) in [6.45, 7) is 1.62. The fraction of sp³-hybridized carbons (Fsp3) is 0.100. The molecule has 0 radical (unpaired) electrons. The SMILES string of the molecule is Cc1noc(NC(=O)c2ccc(F)cc2N)n1. The van der Waals surface area contributed by atoms with Crippen LogP contribution in [0.5, 0.6) is 0 Å². The molecule has 1 amide bonds. The van der Waals surface area contributed by atoms with E-state index >= 15 is 0 Å². The zero-order valence-electron chi connectivity index (χ0n) is 8.90. The standard InChI is InChI=1S/C10H9FN4O2/c1-5-13-10(17-15-5)14-9(16)7-3-2-6(11)4-8(7)12/h2-4H,12H2,1H3,(H,13,14,15,16). The summed E-state index contributed by atoms with van der Waals surface area (Å²) in [7, 11) is 0. The predicted molar refractivity (Wildman–Crippen MR) is 57.8 cm³/mol. The summed E-state index contributed by atoms with van der Waals surface area (Å²) in [5, 5.41) is 5.87. The van der Waals surface area contributed by atoms with Crippen molar-refractivity contribution in [2.24, 2.45) is 0 Å². The highest BCUT2D eigenvalue weighted by Gasteiger charge is 2.13. The number of nitrogen functional groups attached to an aromatic ring is 1. The lowest BCUT2D eigenvalue weighted by atomic mass is 10.1. The molecular formula is C10H9FN4O2. The minimum atomic E-state index is -0.536. The van der Waals surface area contributed by atoms with Gasteiger partial charge in [0.1, 0.15) is 5.82 Å². The highest BCUT2D eigenvalue weighted by molar-refractivity contribution is 6.06. The van der Waals surface area contributed by atoms with Gasteiger partial charge in [0, 0.05) is 5.69 Å². The summed E-state index contributed by atoms with van der Waals surface area (Å²) < 4.78 is 17.5. The van der Waals surface area contributed by atoms with Crippen molar-refractivity contribution in [2.75, 3.05) is 11.1 Å². The molecule has 1 aromatic heterocycles. The molecule has 1 aromatic carbocycles. The fourth-order valence-electron chi connectivity index (χ4n) is 1.25. The van der Waals surface area contributed by atoms with Crippen LogP contribution in [-0.4, -0.2) is 16.0 Å². The lowest BCUT2D eigenvalue weighted by Crippen LogP contribution is -2.14. The zero-order valence-corrected chi connectivity index (χ0v) is 8.90. The summed E-state index contributed by atoms with van der Waals surface area (Å²) >= 11 is 0. The van der Waals surface area contributed by atoms with Gasteiger partial charge in [-0.3, -0.25) is 10.1 Å². The molecule has 7 heteroatoms. The van der Waals surface area contributed by atoms with E-state index in [0.717, 1.165) is 12.1 Å². The maximum Gasteiger partial charge on any atom is 0.328 e. The van der Waals surface area contributed by atoms with Gasteiger partial charge in [-0.25, -0.2) is 4.39 Å². The first-order valence-electron chi connectivity index (χ1n) is 4.73.